The van der Waals surface area contributed by atoms with Gasteiger partial charge in [-0.3, -0.25) is 0 Å². The van der Waals surface area contributed by atoms with Gasteiger partial charge in [-0.2, -0.15) is 4.98 Å². The Balaban J connectivity index is 2.98. The summed E-state index contributed by atoms with van der Waals surface area (Å²) in [5.41, 5.74) is 0. The number of methoxy groups -OCH3 is 1. The van der Waals surface area contributed by atoms with Gasteiger partial charge < -0.3 is 4.74 Å². The minimum absolute atomic E-state index is 0.395. The molecule has 44 valence electrons. The van der Waals surface area contributed by atoms with Crippen LogP contribution in [0.25, 0.3) is 0 Å². The van der Waals surface area contributed by atoms with Crippen molar-refractivity contribution in [2.75, 3.05) is 7.11 Å². The highest BCUT2D eigenvalue weighted by atomic mass is 79.9. The maximum absolute atomic E-state index is 7.17. The highest BCUT2D eigenvalue weighted by Gasteiger charge is 1.94. The fraction of sp³-hybridized carbons (Fsp3) is 0.250. The number of hydrogen-bond donors (Lipinski definition) is 0. The van der Waals surface area contributed by atoms with E-state index in [4.69, 9.17) is 6.11 Å². The van der Waals surface area contributed by atoms with E-state index in [1.54, 1.807) is 0 Å². The fourth-order valence-electron chi connectivity index (χ4n) is 0.299. The first-order chi connectivity index (χ1) is 4.24. The van der Waals surface area contributed by atoms with Gasteiger partial charge in [-0.25, -0.2) is 0 Å². The Morgan fingerprint density at radius 3 is 3.12 bits per heavy atom. The Kier molecular flexibility index (Phi) is 1.46. The summed E-state index contributed by atoms with van der Waals surface area (Å²) >= 11 is 4.29. The highest BCUT2D eigenvalue weighted by molar-refractivity contribution is 9.10. The summed E-state index contributed by atoms with van der Waals surface area (Å²) in [6.07, 6.45) is 0. The van der Waals surface area contributed by atoms with Gasteiger partial charge in [0.1, 0.15) is 4.60 Å². The smallest absolute Gasteiger partial charge is 0.273 e. The second-order valence-electron chi connectivity index (χ2n) is 1.08. The first kappa shape index (κ1) is 4.76. The third-order valence-electron chi connectivity index (χ3n) is 0.587. The van der Waals surface area contributed by atoms with Crippen molar-refractivity contribution in [1.82, 2.24) is 4.98 Å². The lowest BCUT2D eigenvalue weighted by Crippen LogP contribution is -1.77. The van der Waals surface area contributed by atoms with Crippen LogP contribution in [0.4, 0.5) is 0 Å². The van der Waals surface area contributed by atoms with Gasteiger partial charge in [0.15, 0.2) is 0 Å². The Bertz CT molecular complexity index is 195. The molecule has 4 heteroatoms. The van der Waals surface area contributed by atoms with E-state index in [0.29, 0.717) is 15.2 Å². The van der Waals surface area contributed by atoms with Gasteiger partial charge in [-0.1, -0.05) is 11.3 Å². The first-order valence-corrected chi connectivity index (χ1v) is 3.52. The molecule has 0 fully saturated rings. The van der Waals surface area contributed by atoms with E-state index < -0.39 is 0 Å². The van der Waals surface area contributed by atoms with Gasteiger partial charge in [0.2, 0.25) is 0 Å². The van der Waals surface area contributed by atoms with Crippen LogP contribution in [0.5, 0.6) is 5.19 Å². The zero-order valence-electron chi connectivity index (χ0n) is 5.14. The van der Waals surface area contributed by atoms with E-state index >= 15 is 0 Å². The number of thiazole rings is 1. The Labute approximate surface area is 61.0 Å². The molecule has 1 aromatic heterocycles. The first-order valence-electron chi connectivity index (χ1n) is 2.41. The lowest BCUT2D eigenvalue weighted by atomic mass is 11.0. The molecule has 0 radical (unpaired) electrons. The molecule has 0 aromatic carbocycles. The summed E-state index contributed by atoms with van der Waals surface area (Å²) in [4.78, 5) is 3.85. The molecule has 0 aliphatic heterocycles. The van der Waals surface area contributed by atoms with Crippen LogP contribution in [-0.2, 0) is 0 Å². The number of nitrogens with zero attached hydrogens (tertiary/aromatic N) is 1. The maximum atomic E-state index is 7.17. The van der Waals surface area contributed by atoms with E-state index in [1.165, 1.54) is 18.4 Å². The molecular formula is C4H4BrNOS. The standard InChI is InChI=1S/C4H4BrNOS/c1-7-4-6-3(5)2-8-4/h2H,1H3/i2D. The number of rotatable bonds is 1. The molecule has 0 unspecified atom stereocenters. The van der Waals surface area contributed by atoms with Gasteiger partial charge in [0.05, 0.1) is 8.48 Å². The number of aromatic nitrogens is 1. The molecule has 0 amide bonds. The molecule has 1 aromatic rings. The summed E-state index contributed by atoms with van der Waals surface area (Å²) in [5.74, 6) is 0. The molecule has 1 rings (SSSR count). The van der Waals surface area contributed by atoms with Crippen LogP contribution in [0, 0.1) is 0 Å². The predicted octanol–water partition coefficient (Wildman–Crippen LogP) is 1.91. The molecule has 0 aliphatic rings. The van der Waals surface area contributed by atoms with Crippen molar-refractivity contribution in [1.29, 1.82) is 0 Å². The number of ether oxygens (including phenoxy) is 1. The van der Waals surface area contributed by atoms with Crippen LogP contribution < -0.4 is 4.74 Å². The summed E-state index contributed by atoms with van der Waals surface area (Å²) in [6, 6.07) is 0. The second-order valence-corrected chi connectivity index (χ2v) is 2.59. The lowest BCUT2D eigenvalue weighted by molar-refractivity contribution is 0.411. The maximum Gasteiger partial charge on any atom is 0.273 e. The zero-order valence-corrected chi connectivity index (χ0v) is 6.54. The normalized spacial score (nSPS) is 11.0. The SMILES string of the molecule is [2H]c1sc(OC)nc1Br. The molecule has 0 saturated heterocycles. The molecule has 0 N–H and O–H groups in total. The predicted molar refractivity (Wildman–Crippen MR) is 36.4 cm³/mol. The Morgan fingerprint density at radius 2 is 2.88 bits per heavy atom. The Hall–Kier alpha value is -0.0900. The summed E-state index contributed by atoms with van der Waals surface area (Å²) in [5, 5.41) is 0.915. The topological polar surface area (TPSA) is 22.1 Å². The summed E-state index contributed by atoms with van der Waals surface area (Å²) in [6.45, 7) is 0. The molecular weight excluding hydrogens is 190 g/mol. The van der Waals surface area contributed by atoms with E-state index in [1.807, 2.05) is 0 Å². The van der Waals surface area contributed by atoms with Crippen molar-refractivity contribution in [2.45, 2.75) is 0 Å². The van der Waals surface area contributed by atoms with Crippen LogP contribution >= 0.6 is 27.3 Å². The molecule has 0 saturated carbocycles. The van der Waals surface area contributed by atoms with Crippen LogP contribution in [0.1, 0.15) is 1.37 Å². The van der Waals surface area contributed by atoms with Gasteiger partial charge in [0, 0.05) is 5.36 Å². The van der Waals surface area contributed by atoms with Crippen molar-refractivity contribution in [3.8, 4) is 5.19 Å². The van der Waals surface area contributed by atoms with Crippen molar-refractivity contribution >= 4 is 27.3 Å². The third-order valence-corrected chi connectivity index (χ3v) is 1.95. The van der Waals surface area contributed by atoms with Crippen molar-refractivity contribution in [3.05, 3.63) is 9.96 Å². The average Bonchev–Trinajstić information content (AvgIpc) is 2.13. The zero-order chi connectivity index (χ0) is 6.85. The van der Waals surface area contributed by atoms with E-state index in [-0.39, 0.29) is 0 Å². The third kappa shape index (κ3) is 1.20. The molecule has 0 spiro atoms. The average molecular weight is 195 g/mol. The quantitative estimate of drug-likeness (QED) is 0.682. The molecule has 8 heavy (non-hydrogen) atoms. The highest BCUT2D eigenvalue weighted by Crippen LogP contribution is 2.20. The van der Waals surface area contributed by atoms with Crippen LogP contribution in [0.2, 0.25) is 0 Å². The minimum Gasteiger partial charge on any atom is -0.473 e. The van der Waals surface area contributed by atoms with E-state index in [2.05, 4.69) is 20.9 Å². The van der Waals surface area contributed by atoms with Gasteiger partial charge >= 0.3 is 0 Å². The molecule has 0 aliphatic carbocycles. The summed E-state index contributed by atoms with van der Waals surface area (Å²) in [7, 11) is 1.53. The fourth-order valence-corrected chi connectivity index (χ4v) is 1.26. The lowest BCUT2D eigenvalue weighted by Gasteiger charge is -1.84. The van der Waals surface area contributed by atoms with Gasteiger partial charge in [0.25, 0.3) is 5.19 Å². The monoisotopic (exact) mass is 194 g/mol. The van der Waals surface area contributed by atoms with Crippen molar-refractivity contribution < 1.29 is 6.11 Å². The second kappa shape index (κ2) is 2.46. The molecule has 1 heterocycles. The van der Waals surface area contributed by atoms with Crippen molar-refractivity contribution in [2.24, 2.45) is 0 Å². The molecule has 2 nitrogen and oxygen atoms in total. The molecule has 0 atom stereocenters. The van der Waals surface area contributed by atoms with Crippen molar-refractivity contribution in [3.63, 3.8) is 0 Å². The van der Waals surface area contributed by atoms with E-state index in [0.717, 1.165) is 0 Å². The van der Waals surface area contributed by atoms with E-state index in [9.17, 15) is 0 Å². The number of hydrogen-bond acceptors (Lipinski definition) is 3. The Morgan fingerprint density at radius 1 is 2.12 bits per heavy atom. The van der Waals surface area contributed by atoms with Crippen LogP contribution in [0.3, 0.4) is 0 Å². The largest absolute Gasteiger partial charge is 0.473 e. The summed E-state index contributed by atoms with van der Waals surface area (Å²) < 4.78 is 12.5. The van der Waals surface area contributed by atoms with Gasteiger partial charge in [-0.05, 0) is 15.9 Å². The van der Waals surface area contributed by atoms with Crippen LogP contribution in [-0.4, -0.2) is 12.1 Å². The van der Waals surface area contributed by atoms with Crippen LogP contribution in [0.15, 0.2) is 9.96 Å². The minimum atomic E-state index is 0.395. The number of halogens is 1. The van der Waals surface area contributed by atoms with Gasteiger partial charge in [-0.15, -0.1) is 0 Å². The molecule has 0 bridgehead atoms.